The van der Waals surface area contributed by atoms with Gasteiger partial charge in [0.15, 0.2) is 12.4 Å². The Morgan fingerprint density at radius 2 is 1.59 bits per heavy atom. The number of ether oxygens (including phenoxy) is 2. The van der Waals surface area contributed by atoms with E-state index in [2.05, 4.69) is 5.32 Å². The zero-order chi connectivity index (χ0) is 20.4. The number of carbonyl (C=O) groups excluding carboxylic acids is 3. The number of Topliss-reactive ketones (excluding diaryl/α,β-unsaturated/α-hetero) is 1. The number of ketones is 1. The van der Waals surface area contributed by atoms with Gasteiger partial charge in [0.2, 0.25) is 5.91 Å². The molecule has 6 nitrogen and oxygen atoms in total. The van der Waals surface area contributed by atoms with Crippen molar-refractivity contribution in [3.05, 3.63) is 29.8 Å². The van der Waals surface area contributed by atoms with Gasteiger partial charge in [0.25, 0.3) is 0 Å². The molecule has 1 amide bonds. The summed E-state index contributed by atoms with van der Waals surface area (Å²) in [6, 6.07) is 6.62. The minimum absolute atomic E-state index is 0.0784. The minimum atomic E-state index is -0.592. The first-order valence-corrected chi connectivity index (χ1v) is 10.5. The SMILES string of the molecule is COc1ccc(C(=O)COC(=O)CNC(=O)CC23CC4CC(CC(C4)C2)C3)cc1. The van der Waals surface area contributed by atoms with Crippen molar-refractivity contribution in [3.8, 4) is 5.75 Å². The molecule has 1 N–H and O–H groups in total. The number of rotatable bonds is 8. The monoisotopic (exact) mass is 399 g/mol. The lowest BCUT2D eigenvalue weighted by Crippen LogP contribution is -2.48. The smallest absolute Gasteiger partial charge is 0.325 e. The van der Waals surface area contributed by atoms with Crippen LogP contribution in [0.1, 0.15) is 55.3 Å². The molecule has 0 radical (unpaired) electrons. The molecule has 4 bridgehead atoms. The van der Waals surface area contributed by atoms with Crippen molar-refractivity contribution in [2.45, 2.75) is 44.9 Å². The highest BCUT2D eigenvalue weighted by atomic mass is 16.5. The molecule has 4 saturated carbocycles. The number of methoxy groups -OCH3 is 1. The maximum atomic E-state index is 12.5. The predicted octanol–water partition coefficient (Wildman–Crippen LogP) is 3.14. The van der Waals surface area contributed by atoms with Gasteiger partial charge in [-0.1, -0.05) is 0 Å². The van der Waals surface area contributed by atoms with Crippen molar-refractivity contribution in [1.29, 1.82) is 0 Å². The van der Waals surface area contributed by atoms with E-state index < -0.39 is 5.97 Å². The molecule has 0 spiro atoms. The molecule has 1 aromatic carbocycles. The zero-order valence-electron chi connectivity index (χ0n) is 16.9. The molecular formula is C23H29NO5. The summed E-state index contributed by atoms with van der Waals surface area (Å²) in [6.07, 6.45) is 8.02. The van der Waals surface area contributed by atoms with Crippen LogP contribution in [0.4, 0.5) is 0 Å². The van der Waals surface area contributed by atoms with E-state index in [4.69, 9.17) is 9.47 Å². The topological polar surface area (TPSA) is 81.7 Å². The Morgan fingerprint density at radius 1 is 1.00 bits per heavy atom. The van der Waals surface area contributed by atoms with Crippen molar-refractivity contribution in [3.63, 3.8) is 0 Å². The second-order valence-corrected chi connectivity index (χ2v) is 9.18. The second kappa shape index (κ2) is 8.17. The molecule has 29 heavy (non-hydrogen) atoms. The van der Waals surface area contributed by atoms with Crippen molar-refractivity contribution in [1.82, 2.24) is 5.32 Å². The van der Waals surface area contributed by atoms with Crippen LogP contribution in [-0.4, -0.2) is 37.9 Å². The summed E-state index contributed by atoms with van der Waals surface area (Å²) in [5, 5.41) is 2.69. The molecule has 5 rings (SSSR count). The normalized spacial score (nSPS) is 29.3. The third-order valence-electron chi connectivity index (χ3n) is 6.91. The van der Waals surface area contributed by atoms with Crippen molar-refractivity contribution < 1.29 is 23.9 Å². The fourth-order valence-corrected chi connectivity index (χ4v) is 6.14. The summed E-state index contributed by atoms with van der Waals surface area (Å²) in [4.78, 5) is 36.5. The second-order valence-electron chi connectivity index (χ2n) is 9.18. The highest BCUT2D eigenvalue weighted by Gasteiger charge is 2.51. The van der Waals surface area contributed by atoms with E-state index in [-0.39, 0.29) is 30.3 Å². The van der Waals surface area contributed by atoms with Crippen LogP contribution in [0, 0.1) is 23.2 Å². The predicted molar refractivity (Wildman–Crippen MR) is 107 cm³/mol. The van der Waals surface area contributed by atoms with Gasteiger partial charge in [-0.3, -0.25) is 14.4 Å². The van der Waals surface area contributed by atoms with E-state index >= 15 is 0 Å². The van der Waals surface area contributed by atoms with Crippen LogP contribution >= 0.6 is 0 Å². The lowest BCUT2D eigenvalue weighted by molar-refractivity contribution is -0.143. The Morgan fingerprint density at radius 3 is 2.14 bits per heavy atom. The van der Waals surface area contributed by atoms with Gasteiger partial charge in [-0.25, -0.2) is 0 Å². The van der Waals surface area contributed by atoms with E-state index in [0.29, 0.717) is 17.7 Å². The van der Waals surface area contributed by atoms with Crippen molar-refractivity contribution >= 4 is 17.7 Å². The van der Waals surface area contributed by atoms with Crippen LogP contribution in [0.5, 0.6) is 5.75 Å². The van der Waals surface area contributed by atoms with Crippen LogP contribution in [-0.2, 0) is 14.3 Å². The summed E-state index contributed by atoms with van der Waals surface area (Å²) in [6.45, 7) is -0.531. The van der Waals surface area contributed by atoms with E-state index in [9.17, 15) is 14.4 Å². The molecule has 6 heteroatoms. The lowest BCUT2D eigenvalue weighted by Gasteiger charge is -2.56. The third kappa shape index (κ3) is 4.62. The molecule has 0 saturated heterocycles. The first-order valence-electron chi connectivity index (χ1n) is 10.5. The van der Waals surface area contributed by atoms with Crippen LogP contribution in [0.2, 0.25) is 0 Å². The molecule has 0 aromatic heterocycles. The Bertz CT molecular complexity index is 750. The molecule has 4 aliphatic carbocycles. The van der Waals surface area contributed by atoms with Gasteiger partial charge in [0.1, 0.15) is 12.3 Å². The van der Waals surface area contributed by atoms with Gasteiger partial charge < -0.3 is 14.8 Å². The van der Waals surface area contributed by atoms with Gasteiger partial charge in [0.05, 0.1) is 7.11 Å². The number of amides is 1. The van der Waals surface area contributed by atoms with Crippen molar-refractivity contribution in [2.24, 2.45) is 23.2 Å². The number of nitrogens with one attached hydrogen (secondary N) is 1. The molecule has 1 aromatic rings. The maximum Gasteiger partial charge on any atom is 0.325 e. The number of hydrogen-bond acceptors (Lipinski definition) is 5. The fourth-order valence-electron chi connectivity index (χ4n) is 6.14. The summed E-state index contributed by atoms with van der Waals surface area (Å²) in [5.74, 6) is 2.08. The van der Waals surface area contributed by atoms with Crippen LogP contribution in [0.25, 0.3) is 0 Å². The maximum absolute atomic E-state index is 12.5. The average molecular weight is 399 g/mol. The molecule has 4 aliphatic rings. The molecule has 156 valence electrons. The Balaban J connectivity index is 1.19. The quantitative estimate of drug-likeness (QED) is 0.536. The minimum Gasteiger partial charge on any atom is -0.497 e. The van der Waals surface area contributed by atoms with Crippen molar-refractivity contribution in [2.75, 3.05) is 20.3 Å². The summed E-state index contributed by atoms with van der Waals surface area (Å²) in [5.41, 5.74) is 0.594. The lowest BCUT2D eigenvalue weighted by atomic mass is 9.49. The largest absolute Gasteiger partial charge is 0.497 e. The number of esters is 1. The van der Waals surface area contributed by atoms with E-state index in [0.717, 1.165) is 37.0 Å². The van der Waals surface area contributed by atoms with Gasteiger partial charge in [-0.2, -0.15) is 0 Å². The highest BCUT2D eigenvalue weighted by molar-refractivity contribution is 5.98. The molecule has 0 atom stereocenters. The molecular weight excluding hydrogens is 370 g/mol. The van der Waals surface area contributed by atoms with E-state index in [1.807, 2.05) is 0 Å². The Hall–Kier alpha value is -2.37. The summed E-state index contributed by atoms with van der Waals surface area (Å²) >= 11 is 0. The molecule has 0 unspecified atom stereocenters. The number of carbonyl (C=O) groups is 3. The van der Waals surface area contributed by atoms with Crippen LogP contribution < -0.4 is 10.1 Å². The van der Waals surface area contributed by atoms with Gasteiger partial charge >= 0.3 is 5.97 Å². The number of benzene rings is 1. The zero-order valence-corrected chi connectivity index (χ0v) is 16.9. The average Bonchev–Trinajstić information content (AvgIpc) is 2.69. The third-order valence-corrected chi connectivity index (χ3v) is 6.91. The van der Waals surface area contributed by atoms with E-state index in [1.54, 1.807) is 31.4 Å². The Kier molecular flexibility index (Phi) is 5.61. The first-order chi connectivity index (χ1) is 13.9. The first kappa shape index (κ1) is 19.9. The molecule has 4 fully saturated rings. The molecule has 0 aliphatic heterocycles. The van der Waals surface area contributed by atoms with Crippen LogP contribution in [0.15, 0.2) is 24.3 Å². The standard InChI is InChI=1S/C23H29NO5/c1-28-19-4-2-18(3-5-19)20(25)14-29-22(27)13-24-21(26)12-23-9-15-6-16(10-23)8-17(7-15)11-23/h2-5,15-17H,6-14H2,1H3,(H,24,26). The van der Waals surface area contributed by atoms with Crippen LogP contribution in [0.3, 0.4) is 0 Å². The van der Waals surface area contributed by atoms with E-state index in [1.165, 1.54) is 19.3 Å². The van der Waals surface area contributed by atoms with Gasteiger partial charge in [-0.05, 0) is 86.0 Å². The van der Waals surface area contributed by atoms with Gasteiger partial charge in [0, 0.05) is 12.0 Å². The molecule has 0 heterocycles. The fraction of sp³-hybridized carbons (Fsp3) is 0.609. The highest BCUT2D eigenvalue weighted by Crippen LogP contribution is 2.61. The Labute approximate surface area is 171 Å². The number of hydrogen-bond donors (Lipinski definition) is 1. The summed E-state index contributed by atoms with van der Waals surface area (Å²) < 4.78 is 10.1. The van der Waals surface area contributed by atoms with Gasteiger partial charge in [-0.15, -0.1) is 0 Å². The summed E-state index contributed by atoms with van der Waals surface area (Å²) in [7, 11) is 1.55.